The number of benzene rings is 1. The summed E-state index contributed by atoms with van der Waals surface area (Å²) < 4.78 is 30.4. The van der Waals surface area contributed by atoms with Gasteiger partial charge in [-0.3, -0.25) is 0 Å². The highest BCUT2D eigenvalue weighted by Gasteiger charge is 2.28. The molecule has 0 bridgehead atoms. The van der Waals surface area contributed by atoms with Crippen molar-refractivity contribution in [3.63, 3.8) is 0 Å². The smallest absolute Gasteiger partial charge is 0.218 e. The third kappa shape index (κ3) is 3.21. The molecule has 4 nitrogen and oxygen atoms in total. The Balaban J connectivity index is 1.88. The van der Waals surface area contributed by atoms with Crippen LogP contribution in [-0.2, 0) is 16.4 Å². The van der Waals surface area contributed by atoms with Gasteiger partial charge < -0.3 is 9.47 Å². The van der Waals surface area contributed by atoms with Crippen LogP contribution in [-0.4, -0.2) is 38.5 Å². The van der Waals surface area contributed by atoms with E-state index in [1.807, 2.05) is 49.2 Å². The normalized spacial score (nSPS) is 12.6. The van der Waals surface area contributed by atoms with E-state index in [9.17, 15) is 8.42 Å². The van der Waals surface area contributed by atoms with Crippen LogP contribution in [0.15, 0.2) is 44.9 Å². The van der Waals surface area contributed by atoms with Crippen molar-refractivity contribution >= 4 is 64.4 Å². The maximum absolute atomic E-state index is 13.5. The Morgan fingerprint density at radius 1 is 1.19 bits per heavy atom. The number of nitrogens with zero attached hydrogens (tertiary/aromatic N) is 2. The van der Waals surface area contributed by atoms with Crippen molar-refractivity contribution in [2.45, 2.75) is 22.6 Å². The van der Waals surface area contributed by atoms with Crippen LogP contribution in [0.1, 0.15) is 5.56 Å². The molecule has 0 spiro atoms. The molecule has 3 heterocycles. The van der Waals surface area contributed by atoms with Gasteiger partial charge in [0.05, 0.1) is 4.90 Å². The second-order valence-electron chi connectivity index (χ2n) is 6.79. The van der Waals surface area contributed by atoms with Gasteiger partial charge in [0.1, 0.15) is 9.04 Å². The molecule has 0 aliphatic rings. The van der Waals surface area contributed by atoms with Gasteiger partial charge in [-0.2, -0.15) is 0 Å². The van der Waals surface area contributed by atoms with Crippen molar-refractivity contribution in [3.05, 3.63) is 46.4 Å². The van der Waals surface area contributed by atoms with Crippen LogP contribution in [0.5, 0.6) is 0 Å². The molecule has 0 saturated carbocycles. The highest BCUT2D eigenvalue weighted by Crippen LogP contribution is 2.41. The molecular weight excluding hydrogens is 420 g/mol. The summed E-state index contributed by atoms with van der Waals surface area (Å²) in [6.45, 7) is 3.46. The molecule has 3 aromatic heterocycles. The van der Waals surface area contributed by atoms with Gasteiger partial charge in [0.15, 0.2) is 0 Å². The van der Waals surface area contributed by atoms with E-state index in [1.165, 1.54) is 11.3 Å². The lowest BCUT2D eigenvalue weighted by molar-refractivity contribution is 0.387. The van der Waals surface area contributed by atoms with Crippen LogP contribution in [0.2, 0.25) is 5.02 Å². The molecular formula is C19H19ClN2O2S3. The molecule has 0 unspecified atom stereocenters. The Labute approximate surface area is 171 Å². The molecule has 0 atom stereocenters. The van der Waals surface area contributed by atoms with Gasteiger partial charge in [0, 0.05) is 34.4 Å². The van der Waals surface area contributed by atoms with Crippen LogP contribution >= 0.6 is 34.3 Å². The predicted octanol–water partition coefficient (Wildman–Crippen LogP) is 5.27. The monoisotopic (exact) mass is 438 g/mol. The quantitative estimate of drug-likeness (QED) is 0.426. The highest BCUT2D eigenvalue weighted by atomic mass is 35.5. The summed E-state index contributed by atoms with van der Waals surface area (Å²) >= 11 is 8.99. The Hall–Kier alpha value is -1.38. The lowest BCUT2D eigenvalue weighted by atomic mass is 10.2. The minimum absolute atomic E-state index is 0.387. The van der Waals surface area contributed by atoms with Gasteiger partial charge in [0.25, 0.3) is 0 Å². The summed E-state index contributed by atoms with van der Waals surface area (Å²) in [7, 11) is 0.414. The fourth-order valence-corrected chi connectivity index (χ4v) is 7.68. The van der Waals surface area contributed by atoms with E-state index in [-0.39, 0.29) is 0 Å². The standard InChI is InChI=1S/C19H19ClN2O2S3/c1-12-15-10-13(20)4-5-16(15)26-19(12)27(23,24)17-11-22(8-7-21(2)3)18-14(17)6-9-25-18/h4-6,9-11H,7-8H2,1-3H3. The summed E-state index contributed by atoms with van der Waals surface area (Å²) in [5, 5.41) is 4.27. The van der Waals surface area contributed by atoms with Gasteiger partial charge in [-0.25, -0.2) is 8.42 Å². The number of hydrogen-bond acceptors (Lipinski definition) is 5. The first kappa shape index (κ1) is 19.0. The Morgan fingerprint density at radius 3 is 2.70 bits per heavy atom. The number of aromatic nitrogens is 1. The molecule has 4 aromatic rings. The minimum atomic E-state index is -3.61. The Bertz CT molecular complexity index is 1250. The number of hydrogen-bond donors (Lipinski definition) is 0. The zero-order chi connectivity index (χ0) is 19.3. The fraction of sp³-hybridized carbons (Fsp3) is 0.263. The van der Waals surface area contributed by atoms with E-state index in [1.54, 1.807) is 23.6 Å². The molecule has 142 valence electrons. The van der Waals surface area contributed by atoms with Crippen molar-refractivity contribution in [2.75, 3.05) is 20.6 Å². The lowest BCUT2D eigenvalue weighted by Crippen LogP contribution is -2.17. The van der Waals surface area contributed by atoms with Gasteiger partial charge in [-0.1, -0.05) is 11.6 Å². The third-order valence-corrected chi connectivity index (χ3v) is 9.48. The second kappa shape index (κ2) is 6.90. The average molecular weight is 439 g/mol. The van der Waals surface area contributed by atoms with E-state index in [2.05, 4.69) is 4.90 Å². The van der Waals surface area contributed by atoms with E-state index in [0.29, 0.717) is 14.1 Å². The highest BCUT2D eigenvalue weighted by molar-refractivity contribution is 7.94. The number of likely N-dealkylation sites (N-methyl/N-ethyl adjacent to an activating group) is 1. The maximum atomic E-state index is 13.5. The van der Waals surface area contributed by atoms with Crippen LogP contribution in [0.3, 0.4) is 0 Å². The summed E-state index contributed by atoms with van der Waals surface area (Å²) in [5.41, 5.74) is 0.766. The van der Waals surface area contributed by atoms with Crippen LogP contribution in [0.4, 0.5) is 0 Å². The van der Waals surface area contributed by atoms with E-state index < -0.39 is 9.84 Å². The largest absolute Gasteiger partial charge is 0.337 e. The number of rotatable bonds is 5. The second-order valence-corrected chi connectivity index (χ2v) is 11.3. The third-order valence-electron chi connectivity index (χ3n) is 4.62. The average Bonchev–Trinajstić information content (AvgIpc) is 3.28. The first-order valence-electron chi connectivity index (χ1n) is 8.44. The van der Waals surface area contributed by atoms with Crippen molar-refractivity contribution in [1.82, 2.24) is 9.47 Å². The lowest BCUT2D eigenvalue weighted by Gasteiger charge is -2.10. The molecule has 0 fully saturated rings. The Morgan fingerprint density at radius 2 is 1.96 bits per heavy atom. The number of aryl methyl sites for hydroxylation is 1. The van der Waals surface area contributed by atoms with Gasteiger partial charge >= 0.3 is 0 Å². The molecule has 8 heteroatoms. The summed E-state index contributed by atoms with van der Waals surface area (Å²) in [4.78, 5) is 3.48. The summed E-state index contributed by atoms with van der Waals surface area (Å²) in [6, 6.07) is 7.42. The molecule has 0 aliphatic heterocycles. The molecule has 0 aliphatic carbocycles. The number of halogens is 1. The van der Waals surface area contributed by atoms with E-state index in [4.69, 9.17) is 11.6 Å². The summed E-state index contributed by atoms with van der Waals surface area (Å²) in [5.74, 6) is 0. The van der Waals surface area contributed by atoms with Crippen molar-refractivity contribution < 1.29 is 8.42 Å². The zero-order valence-electron chi connectivity index (χ0n) is 15.2. The Kier molecular flexibility index (Phi) is 4.84. The van der Waals surface area contributed by atoms with Gasteiger partial charge in [-0.15, -0.1) is 22.7 Å². The molecule has 0 N–H and O–H groups in total. The minimum Gasteiger partial charge on any atom is -0.337 e. The van der Waals surface area contributed by atoms with Crippen molar-refractivity contribution in [1.29, 1.82) is 0 Å². The number of sulfone groups is 1. The van der Waals surface area contributed by atoms with E-state index >= 15 is 0 Å². The summed E-state index contributed by atoms with van der Waals surface area (Å²) in [6.07, 6.45) is 1.79. The van der Waals surface area contributed by atoms with Crippen molar-refractivity contribution in [3.8, 4) is 0 Å². The van der Waals surface area contributed by atoms with Crippen LogP contribution < -0.4 is 0 Å². The maximum Gasteiger partial charge on any atom is 0.218 e. The predicted molar refractivity (Wildman–Crippen MR) is 115 cm³/mol. The fourth-order valence-electron chi connectivity index (χ4n) is 3.20. The molecule has 0 saturated heterocycles. The first-order chi connectivity index (χ1) is 12.8. The number of thiophene rings is 2. The SMILES string of the molecule is Cc1c(S(=O)(=O)c2cn(CCN(C)C)c3sccc23)sc2ccc(Cl)cc12. The first-order valence-corrected chi connectivity index (χ1v) is 12.0. The molecule has 0 radical (unpaired) electrons. The zero-order valence-corrected chi connectivity index (χ0v) is 18.4. The molecule has 27 heavy (non-hydrogen) atoms. The van der Waals surface area contributed by atoms with Crippen molar-refractivity contribution in [2.24, 2.45) is 0 Å². The topological polar surface area (TPSA) is 42.3 Å². The van der Waals surface area contributed by atoms with Gasteiger partial charge in [-0.05, 0) is 61.6 Å². The van der Waals surface area contributed by atoms with Crippen LogP contribution in [0.25, 0.3) is 20.3 Å². The molecule has 1 aromatic carbocycles. The van der Waals surface area contributed by atoms with E-state index in [0.717, 1.165) is 39.0 Å². The number of fused-ring (bicyclic) bond motifs is 2. The molecule has 0 amide bonds. The van der Waals surface area contributed by atoms with Crippen LogP contribution in [0, 0.1) is 6.92 Å². The van der Waals surface area contributed by atoms with Gasteiger partial charge in [0.2, 0.25) is 9.84 Å². The molecule has 4 rings (SSSR count).